The van der Waals surface area contributed by atoms with E-state index in [4.69, 9.17) is 0 Å². The summed E-state index contributed by atoms with van der Waals surface area (Å²) in [5.74, 6) is 0.429. The number of nitrogens with one attached hydrogen (secondary N) is 1. The number of sulfone groups is 1. The third kappa shape index (κ3) is 6.02. The van der Waals surface area contributed by atoms with E-state index in [0.717, 1.165) is 43.0 Å². The van der Waals surface area contributed by atoms with E-state index in [1.165, 1.54) is 5.56 Å². The highest BCUT2D eigenvalue weighted by molar-refractivity contribution is 7.91. The molecule has 4 rings (SSSR count). The normalized spacial score (nSPS) is 22.8. The molecule has 33 heavy (non-hydrogen) atoms. The molecule has 0 bridgehead atoms. The van der Waals surface area contributed by atoms with Gasteiger partial charge in [-0.05, 0) is 39.3 Å². The highest BCUT2D eigenvalue weighted by Gasteiger charge is 2.31. The molecule has 0 saturated carbocycles. The van der Waals surface area contributed by atoms with Gasteiger partial charge in [0.2, 0.25) is 5.91 Å². The van der Waals surface area contributed by atoms with Crippen molar-refractivity contribution in [1.29, 1.82) is 0 Å². The number of likely N-dealkylation sites (tertiary alicyclic amines) is 1. The average molecular weight is 474 g/mol. The number of carbonyl (C=O) groups excluding carboxylic acids is 1. The molecular weight excluding hydrogens is 438 g/mol. The summed E-state index contributed by atoms with van der Waals surface area (Å²) in [4.78, 5) is 17.0. The summed E-state index contributed by atoms with van der Waals surface area (Å²) >= 11 is 0. The number of likely N-dealkylation sites (N-methyl/N-ethyl adjacent to an activating group) is 1. The number of rotatable bonds is 8. The van der Waals surface area contributed by atoms with Crippen molar-refractivity contribution in [3.63, 3.8) is 0 Å². The van der Waals surface area contributed by atoms with Crippen LogP contribution in [0.15, 0.2) is 30.3 Å². The van der Waals surface area contributed by atoms with Gasteiger partial charge in [-0.15, -0.1) is 0 Å². The molecule has 0 unspecified atom stereocenters. The van der Waals surface area contributed by atoms with Gasteiger partial charge in [-0.2, -0.15) is 5.10 Å². The van der Waals surface area contributed by atoms with Gasteiger partial charge in [0.1, 0.15) is 0 Å². The Labute approximate surface area is 196 Å². The number of aromatic nitrogens is 2. The minimum Gasteiger partial charge on any atom is -0.351 e. The lowest BCUT2D eigenvalue weighted by molar-refractivity contribution is -0.122. The third-order valence-electron chi connectivity index (χ3n) is 6.76. The van der Waals surface area contributed by atoms with Gasteiger partial charge in [0.25, 0.3) is 0 Å². The Morgan fingerprint density at radius 2 is 1.97 bits per heavy atom. The molecule has 9 heteroatoms. The number of benzene rings is 1. The maximum absolute atomic E-state index is 12.7. The fraction of sp³-hybridized carbons (Fsp3) is 0.583. The molecule has 2 atom stereocenters. The molecule has 8 nitrogen and oxygen atoms in total. The van der Waals surface area contributed by atoms with Crippen molar-refractivity contribution >= 4 is 15.7 Å². The van der Waals surface area contributed by atoms with Gasteiger partial charge in [-0.25, -0.2) is 8.42 Å². The quantitative estimate of drug-likeness (QED) is 0.628. The second-order valence-electron chi connectivity index (χ2n) is 9.60. The van der Waals surface area contributed by atoms with Gasteiger partial charge in [0.05, 0.1) is 29.8 Å². The van der Waals surface area contributed by atoms with Crippen LogP contribution < -0.4 is 5.32 Å². The zero-order valence-corrected chi connectivity index (χ0v) is 20.6. The Balaban J connectivity index is 1.27. The predicted octanol–water partition coefficient (Wildman–Crippen LogP) is 1.68. The zero-order chi connectivity index (χ0) is 23.6. The van der Waals surface area contributed by atoms with E-state index in [0.29, 0.717) is 19.5 Å². The molecule has 1 aromatic carbocycles. The number of hydrogen-bond acceptors (Lipinski definition) is 6. The Bertz CT molecular complexity index is 1080. The van der Waals surface area contributed by atoms with Crippen molar-refractivity contribution in [3.05, 3.63) is 52.8 Å². The highest BCUT2D eigenvalue weighted by Crippen LogP contribution is 2.27. The smallest absolute Gasteiger partial charge is 0.234 e. The maximum atomic E-state index is 12.7. The average Bonchev–Trinajstić information content (AvgIpc) is 3.42. The Hall–Kier alpha value is -2.23. The second kappa shape index (κ2) is 9.95. The SMILES string of the molecule is Cc1nn([C@H]2CCS(=O)(=O)C2)c(C)c1CN(C)CC(=O)N[C@H]1CCN(Cc2ccccc2)C1. The van der Waals surface area contributed by atoms with Crippen LogP contribution >= 0.6 is 0 Å². The summed E-state index contributed by atoms with van der Waals surface area (Å²) in [5.41, 5.74) is 4.26. The van der Waals surface area contributed by atoms with E-state index >= 15 is 0 Å². The van der Waals surface area contributed by atoms with Crippen LogP contribution in [0.1, 0.15) is 41.4 Å². The molecule has 3 heterocycles. The van der Waals surface area contributed by atoms with Crippen molar-refractivity contribution in [2.24, 2.45) is 0 Å². The highest BCUT2D eigenvalue weighted by atomic mass is 32.2. The van der Waals surface area contributed by atoms with E-state index < -0.39 is 9.84 Å². The van der Waals surface area contributed by atoms with E-state index in [2.05, 4.69) is 39.6 Å². The van der Waals surface area contributed by atoms with Crippen molar-refractivity contribution in [2.45, 2.75) is 51.9 Å². The number of hydrogen-bond donors (Lipinski definition) is 1. The molecule has 1 N–H and O–H groups in total. The lowest BCUT2D eigenvalue weighted by Crippen LogP contribution is -2.42. The van der Waals surface area contributed by atoms with Crippen LogP contribution in [-0.4, -0.2) is 78.1 Å². The van der Waals surface area contributed by atoms with Gasteiger partial charge in [-0.1, -0.05) is 30.3 Å². The second-order valence-corrected chi connectivity index (χ2v) is 11.8. The van der Waals surface area contributed by atoms with Gasteiger partial charge < -0.3 is 5.32 Å². The van der Waals surface area contributed by atoms with Crippen LogP contribution in [0.2, 0.25) is 0 Å². The van der Waals surface area contributed by atoms with E-state index in [9.17, 15) is 13.2 Å². The van der Waals surface area contributed by atoms with Crippen LogP contribution in [0, 0.1) is 13.8 Å². The fourth-order valence-electron chi connectivity index (χ4n) is 5.03. The molecule has 1 amide bonds. The molecule has 0 aliphatic carbocycles. The summed E-state index contributed by atoms with van der Waals surface area (Å²) in [7, 11) is -1.03. The molecule has 0 radical (unpaired) electrons. The monoisotopic (exact) mass is 473 g/mol. The summed E-state index contributed by atoms with van der Waals surface area (Å²) in [6.45, 7) is 7.65. The molecule has 180 valence electrons. The number of aryl methyl sites for hydroxylation is 1. The van der Waals surface area contributed by atoms with E-state index in [1.807, 2.05) is 36.5 Å². The standard InChI is InChI=1S/C24H35N5O3S/c1-18-23(19(2)29(26-18)22-10-12-33(31,32)17-22)15-27(3)16-24(30)25-21-9-11-28(14-21)13-20-7-5-4-6-8-20/h4-8,21-22H,9-17H2,1-3H3,(H,25,30)/t21-,22-/m0/s1. The molecule has 1 aromatic heterocycles. The van der Waals surface area contributed by atoms with Crippen molar-refractivity contribution in [2.75, 3.05) is 38.2 Å². The first-order chi connectivity index (χ1) is 15.7. The van der Waals surface area contributed by atoms with Gasteiger partial charge in [-0.3, -0.25) is 19.3 Å². The van der Waals surface area contributed by atoms with Gasteiger partial charge in [0, 0.05) is 43.5 Å². The topological polar surface area (TPSA) is 87.5 Å². The van der Waals surface area contributed by atoms with E-state index in [1.54, 1.807) is 0 Å². The third-order valence-corrected chi connectivity index (χ3v) is 8.51. The molecule has 2 aromatic rings. The molecule has 2 fully saturated rings. The maximum Gasteiger partial charge on any atom is 0.234 e. The molecule has 2 aliphatic heterocycles. The number of amides is 1. The first-order valence-corrected chi connectivity index (χ1v) is 13.5. The Kier molecular flexibility index (Phi) is 7.21. The van der Waals surface area contributed by atoms with Crippen molar-refractivity contribution in [3.8, 4) is 0 Å². The van der Waals surface area contributed by atoms with Gasteiger partial charge in [0.15, 0.2) is 9.84 Å². The summed E-state index contributed by atoms with van der Waals surface area (Å²) < 4.78 is 25.6. The lowest BCUT2D eigenvalue weighted by Gasteiger charge is -2.20. The van der Waals surface area contributed by atoms with Crippen LogP contribution in [0.5, 0.6) is 0 Å². The minimum atomic E-state index is -2.96. The molecule has 2 saturated heterocycles. The van der Waals surface area contributed by atoms with E-state index in [-0.39, 0.29) is 29.5 Å². The lowest BCUT2D eigenvalue weighted by atomic mass is 10.1. The van der Waals surface area contributed by atoms with Crippen molar-refractivity contribution < 1.29 is 13.2 Å². The summed E-state index contributed by atoms with van der Waals surface area (Å²) in [6.07, 6.45) is 1.59. The fourth-order valence-corrected chi connectivity index (χ4v) is 6.72. The first-order valence-electron chi connectivity index (χ1n) is 11.7. The summed E-state index contributed by atoms with van der Waals surface area (Å²) in [6, 6.07) is 10.5. The van der Waals surface area contributed by atoms with Crippen LogP contribution in [0.25, 0.3) is 0 Å². The van der Waals surface area contributed by atoms with Crippen LogP contribution in [-0.2, 0) is 27.7 Å². The molecule has 0 spiro atoms. The Morgan fingerprint density at radius 3 is 2.67 bits per heavy atom. The van der Waals surface area contributed by atoms with Crippen LogP contribution in [0.4, 0.5) is 0 Å². The molecule has 2 aliphatic rings. The molecular formula is C24H35N5O3S. The first kappa shape index (κ1) is 23.9. The Morgan fingerprint density at radius 1 is 1.21 bits per heavy atom. The minimum absolute atomic E-state index is 0.0358. The van der Waals surface area contributed by atoms with Gasteiger partial charge >= 0.3 is 0 Å². The zero-order valence-electron chi connectivity index (χ0n) is 19.8. The summed E-state index contributed by atoms with van der Waals surface area (Å²) in [5, 5.41) is 7.83. The predicted molar refractivity (Wildman–Crippen MR) is 129 cm³/mol. The largest absolute Gasteiger partial charge is 0.351 e. The van der Waals surface area contributed by atoms with Crippen molar-refractivity contribution in [1.82, 2.24) is 24.9 Å². The number of carbonyl (C=O) groups is 1. The number of nitrogens with zero attached hydrogens (tertiary/aromatic N) is 4. The van der Waals surface area contributed by atoms with Crippen LogP contribution in [0.3, 0.4) is 0 Å².